The summed E-state index contributed by atoms with van der Waals surface area (Å²) in [4.78, 5) is 4.54. The number of aromatic nitrogens is 2. The molecule has 4 nitrogen and oxygen atoms in total. The van der Waals surface area contributed by atoms with Crippen LogP contribution in [0.25, 0.3) is 11.4 Å². The number of hydrogen-bond donors (Lipinski definition) is 1. The Balaban J connectivity index is 0.00000121. The topological polar surface area (TPSA) is 51.0 Å². The molecule has 2 heterocycles. The standard InChI is InChI=1S/C14H14ClN3O.ClH/c15-10-3-1-2-9(6-10)12-17-13(19-18-12)11-7-14(11)4-5-16-8-14;/h1-3,6,11,16H,4-5,7-8H2;1H. The van der Waals surface area contributed by atoms with Crippen molar-refractivity contribution < 1.29 is 4.52 Å². The number of nitrogens with zero attached hydrogens (tertiary/aromatic N) is 2. The molecule has 1 aromatic carbocycles. The van der Waals surface area contributed by atoms with Gasteiger partial charge in [-0.25, -0.2) is 0 Å². The molecule has 2 fully saturated rings. The van der Waals surface area contributed by atoms with E-state index in [9.17, 15) is 0 Å². The minimum Gasteiger partial charge on any atom is -0.339 e. The lowest BCUT2D eigenvalue weighted by Crippen LogP contribution is -2.10. The van der Waals surface area contributed by atoms with Crippen LogP contribution in [0.15, 0.2) is 28.8 Å². The van der Waals surface area contributed by atoms with Gasteiger partial charge < -0.3 is 9.84 Å². The van der Waals surface area contributed by atoms with E-state index in [1.807, 2.05) is 24.3 Å². The van der Waals surface area contributed by atoms with Crippen LogP contribution < -0.4 is 5.32 Å². The molecule has 1 saturated carbocycles. The van der Waals surface area contributed by atoms with Crippen molar-refractivity contribution in [1.82, 2.24) is 15.5 Å². The zero-order valence-corrected chi connectivity index (χ0v) is 12.4. The second kappa shape index (κ2) is 5.02. The highest BCUT2D eigenvalue weighted by Crippen LogP contribution is 2.62. The fourth-order valence-corrected chi connectivity index (χ4v) is 3.24. The van der Waals surface area contributed by atoms with Crippen LogP contribution >= 0.6 is 24.0 Å². The maximum absolute atomic E-state index is 5.98. The molecule has 20 heavy (non-hydrogen) atoms. The Morgan fingerprint density at radius 1 is 1.40 bits per heavy atom. The van der Waals surface area contributed by atoms with Crippen LogP contribution in [0.2, 0.25) is 5.02 Å². The van der Waals surface area contributed by atoms with Gasteiger partial charge in [0.2, 0.25) is 11.7 Å². The van der Waals surface area contributed by atoms with Gasteiger partial charge in [0, 0.05) is 23.0 Å². The van der Waals surface area contributed by atoms with Crippen LogP contribution in [0.4, 0.5) is 0 Å². The van der Waals surface area contributed by atoms with Crippen molar-refractivity contribution in [3.8, 4) is 11.4 Å². The summed E-state index contributed by atoms with van der Waals surface area (Å²) in [5.74, 6) is 1.84. The molecule has 1 saturated heterocycles. The lowest BCUT2D eigenvalue weighted by atomic mass is 10.0. The number of nitrogens with one attached hydrogen (secondary N) is 1. The minimum atomic E-state index is 0. The molecular weight excluding hydrogens is 297 g/mol. The predicted octanol–water partition coefficient (Wildman–Crippen LogP) is 3.28. The summed E-state index contributed by atoms with van der Waals surface area (Å²) in [6.45, 7) is 2.18. The summed E-state index contributed by atoms with van der Waals surface area (Å²) < 4.78 is 5.44. The van der Waals surface area contributed by atoms with Crippen LogP contribution in [0.1, 0.15) is 24.7 Å². The van der Waals surface area contributed by atoms with Crippen LogP contribution in [0.5, 0.6) is 0 Å². The average molecular weight is 312 g/mol. The van der Waals surface area contributed by atoms with Crippen molar-refractivity contribution in [2.24, 2.45) is 5.41 Å². The Hall–Kier alpha value is -1.10. The first kappa shape index (κ1) is 13.9. The SMILES string of the molecule is Cl.Clc1cccc(-c2noc(C3CC34CCNC4)n2)c1. The van der Waals surface area contributed by atoms with E-state index in [0.717, 1.165) is 31.0 Å². The van der Waals surface area contributed by atoms with Crippen LogP contribution in [0, 0.1) is 5.41 Å². The number of hydrogen-bond acceptors (Lipinski definition) is 4. The monoisotopic (exact) mass is 311 g/mol. The first-order valence-electron chi connectivity index (χ1n) is 6.57. The van der Waals surface area contributed by atoms with Crippen molar-refractivity contribution in [2.75, 3.05) is 13.1 Å². The normalized spacial score (nSPS) is 27.6. The van der Waals surface area contributed by atoms with Crippen LogP contribution in [-0.4, -0.2) is 23.2 Å². The molecule has 0 radical (unpaired) electrons. The van der Waals surface area contributed by atoms with Crippen molar-refractivity contribution in [3.05, 3.63) is 35.2 Å². The van der Waals surface area contributed by atoms with E-state index in [1.165, 1.54) is 6.42 Å². The summed E-state index contributed by atoms with van der Waals surface area (Å²) in [7, 11) is 0. The Bertz CT molecular complexity index is 622. The van der Waals surface area contributed by atoms with Crippen molar-refractivity contribution in [1.29, 1.82) is 0 Å². The maximum Gasteiger partial charge on any atom is 0.230 e. The summed E-state index contributed by atoms with van der Waals surface area (Å²) in [6.07, 6.45) is 2.38. The Morgan fingerprint density at radius 2 is 2.30 bits per heavy atom. The summed E-state index contributed by atoms with van der Waals surface area (Å²) in [5, 5.41) is 8.18. The third-order valence-electron chi connectivity index (χ3n) is 4.29. The second-order valence-electron chi connectivity index (χ2n) is 5.51. The predicted molar refractivity (Wildman–Crippen MR) is 79.3 cm³/mol. The lowest BCUT2D eigenvalue weighted by molar-refractivity contribution is 0.364. The molecular formula is C14H15Cl2N3O. The van der Waals surface area contributed by atoms with Gasteiger partial charge in [-0.3, -0.25) is 0 Å². The molecule has 4 rings (SSSR count). The maximum atomic E-state index is 5.98. The Morgan fingerprint density at radius 3 is 3.05 bits per heavy atom. The van der Waals surface area contributed by atoms with E-state index in [1.54, 1.807) is 0 Å². The fourth-order valence-electron chi connectivity index (χ4n) is 3.05. The van der Waals surface area contributed by atoms with E-state index >= 15 is 0 Å². The van der Waals surface area contributed by atoms with Crippen LogP contribution in [-0.2, 0) is 0 Å². The van der Waals surface area contributed by atoms with Gasteiger partial charge in [-0.05, 0) is 36.9 Å². The van der Waals surface area contributed by atoms with E-state index in [4.69, 9.17) is 16.1 Å². The van der Waals surface area contributed by atoms with Gasteiger partial charge in [0.1, 0.15) is 0 Å². The van der Waals surface area contributed by atoms with Crippen molar-refractivity contribution in [3.63, 3.8) is 0 Å². The molecule has 0 amide bonds. The number of rotatable bonds is 2. The van der Waals surface area contributed by atoms with Gasteiger partial charge in [0.15, 0.2) is 0 Å². The highest BCUT2D eigenvalue weighted by atomic mass is 35.5. The third kappa shape index (κ3) is 2.22. The zero-order chi connectivity index (χ0) is 12.9. The number of benzene rings is 1. The van der Waals surface area contributed by atoms with Crippen molar-refractivity contribution >= 4 is 24.0 Å². The lowest BCUT2D eigenvalue weighted by Gasteiger charge is -2.02. The third-order valence-corrected chi connectivity index (χ3v) is 4.52. The molecule has 2 aliphatic rings. The smallest absolute Gasteiger partial charge is 0.230 e. The average Bonchev–Trinajstić information content (AvgIpc) is 2.82. The van der Waals surface area contributed by atoms with Gasteiger partial charge in [-0.1, -0.05) is 28.9 Å². The molecule has 2 aromatic rings. The largest absolute Gasteiger partial charge is 0.339 e. The Kier molecular flexibility index (Phi) is 3.48. The van der Waals surface area contributed by atoms with E-state index in [-0.39, 0.29) is 12.4 Å². The van der Waals surface area contributed by atoms with Gasteiger partial charge >= 0.3 is 0 Å². The molecule has 106 valence electrons. The van der Waals surface area contributed by atoms with Gasteiger partial charge in [-0.15, -0.1) is 12.4 Å². The van der Waals surface area contributed by atoms with E-state index in [0.29, 0.717) is 22.2 Å². The fraction of sp³-hybridized carbons (Fsp3) is 0.429. The molecule has 6 heteroatoms. The quantitative estimate of drug-likeness (QED) is 0.924. The number of halogens is 2. The minimum absolute atomic E-state index is 0. The summed E-state index contributed by atoms with van der Waals surface area (Å²) in [6, 6.07) is 7.54. The molecule has 1 aromatic heterocycles. The molecule has 2 unspecified atom stereocenters. The summed E-state index contributed by atoms with van der Waals surface area (Å²) in [5.41, 5.74) is 1.29. The Labute approximate surface area is 128 Å². The van der Waals surface area contributed by atoms with Crippen molar-refractivity contribution in [2.45, 2.75) is 18.8 Å². The summed E-state index contributed by atoms with van der Waals surface area (Å²) >= 11 is 5.98. The zero-order valence-electron chi connectivity index (χ0n) is 10.8. The highest BCUT2D eigenvalue weighted by molar-refractivity contribution is 6.30. The van der Waals surface area contributed by atoms with E-state index < -0.39 is 0 Å². The van der Waals surface area contributed by atoms with E-state index in [2.05, 4.69) is 15.5 Å². The van der Waals surface area contributed by atoms with Gasteiger partial charge in [0.05, 0.1) is 0 Å². The molecule has 1 aliphatic carbocycles. The molecule has 1 spiro atoms. The molecule has 1 N–H and O–H groups in total. The van der Waals surface area contributed by atoms with Gasteiger partial charge in [0.25, 0.3) is 0 Å². The molecule has 1 aliphatic heterocycles. The highest BCUT2D eigenvalue weighted by Gasteiger charge is 2.58. The first-order valence-corrected chi connectivity index (χ1v) is 6.95. The van der Waals surface area contributed by atoms with Crippen LogP contribution in [0.3, 0.4) is 0 Å². The molecule has 0 bridgehead atoms. The second-order valence-corrected chi connectivity index (χ2v) is 5.95. The first-order chi connectivity index (χ1) is 9.27. The molecule has 2 atom stereocenters. The van der Waals surface area contributed by atoms with Gasteiger partial charge in [-0.2, -0.15) is 4.98 Å².